The average Bonchev–Trinajstić information content (AvgIpc) is 2.88. The van der Waals surface area contributed by atoms with E-state index in [9.17, 15) is 5.11 Å². The molecule has 2 aromatic rings. The zero-order valence-electron chi connectivity index (χ0n) is 10.0. The lowest BCUT2D eigenvalue weighted by Crippen LogP contribution is -2.25. The van der Waals surface area contributed by atoms with Gasteiger partial charge in [-0.3, -0.25) is 4.68 Å². The molecule has 2 aromatic heterocycles. The van der Waals surface area contributed by atoms with Crippen LogP contribution in [0, 0.1) is 0 Å². The highest BCUT2D eigenvalue weighted by molar-refractivity contribution is 6.30. The summed E-state index contributed by atoms with van der Waals surface area (Å²) in [6.45, 7) is 0. The van der Waals surface area contributed by atoms with E-state index in [2.05, 4.69) is 10.1 Å². The van der Waals surface area contributed by atoms with E-state index in [4.69, 9.17) is 16.3 Å². The Labute approximate surface area is 109 Å². The number of hydrogen-bond acceptors (Lipinski definition) is 4. The van der Waals surface area contributed by atoms with Crippen molar-refractivity contribution in [1.29, 1.82) is 0 Å². The Morgan fingerprint density at radius 1 is 1.50 bits per heavy atom. The minimum atomic E-state index is -0.399. The third kappa shape index (κ3) is 1.93. The van der Waals surface area contributed by atoms with Crippen LogP contribution < -0.4 is 4.74 Å². The normalized spacial score (nSPS) is 23.7. The minimum absolute atomic E-state index is 0.160. The van der Waals surface area contributed by atoms with Crippen molar-refractivity contribution in [3.8, 4) is 5.75 Å². The van der Waals surface area contributed by atoms with E-state index in [0.29, 0.717) is 16.5 Å². The molecule has 0 saturated heterocycles. The van der Waals surface area contributed by atoms with Crippen LogP contribution >= 0.6 is 11.6 Å². The predicted molar refractivity (Wildman–Crippen MR) is 67.8 cm³/mol. The fourth-order valence-corrected chi connectivity index (χ4v) is 2.54. The molecule has 18 heavy (non-hydrogen) atoms. The van der Waals surface area contributed by atoms with Crippen LogP contribution in [0.2, 0.25) is 5.15 Å². The van der Waals surface area contributed by atoms with Crippen LogP contribution in [0.25, 0.3) is 11.0 Å². The lowest BCUT2D eigenvalue weighted by molar-refractivity contribution is 0.0614. The van der Waals surface area contributed by atoms with Gasteiger partial charge in [0.15, 0.2) is 5.65 Å². The molecule has 1 saturated carbocycles. The number of nitrogens with zero attached hydrogens (tertiary/aromatic N) is 3. The first-order valence-corrected chi connectivity index (χ1v) is 6.36. The first-order chi connectivity index (χ1) is 8.65. The van der Waals surface area contributed by atoms with Crippen molar-refractivity contribution >= 4 is 22.6 Å². The number of pyridine rings is 1. The Morgan fingerprint density at radius 3 is 3.06 bits per heavy atom. The van der Waals surface area contributed by atoms with Crippen molar-refractivity contribution in [3.63, 3.8) is 0 Å². The molecule has 1 fully saturated rings. The molecule has 0 unspecified atom stereocenters. The molecule has 0 bridgehead atoms. The maximum absolute atomic E-state index is 9.80. The third-order valence-electron chi connectivity index (χ3n) is 3.33. The van der Waals surface area contributed by atoms with Gasteiger partial charge in [-0.25, -0.2) is 4.98 Å². The van der Waals surface area contributed by atoms with Crippen LogP contribution in [0.4, 0.5) is 0 Å². The van der Waals surface area contributed by atoms with E-state index >= 15 is 0 Å². The van der Waals surface area contributed by atoms with Gasteiger partial charge in [0, 0.05) is 13.1 Å². The molecule has 0 spiro atoms. The standard InChI is InChI=1S/C12H14ClN3O2/c1-16-12-7(6-14-16)10(5-11(13)15-12)18-9-4-2-3-8(9)17/h5-6,8-9,17H,2-4H2,1H3/t8-,9+/m1/s1. The molecule has 1 aliphatic carbocycles. The first-order valence-electron chi connectivity index (χ1n) is 5.98. The number of fused-ring (bicyclic) bond motifs is 1. The second-order valence-corrected chi connectivity index (χ2v) is 4.99. The van der Waals surface area contributed by atoms with Gasteiger partial charge in [-0.05, 0) is 19.3 Å². The molecular weight excluding hydrogens is 254 g/mol. The van der Waals surface area contributed by atoms with Crippen molar-refractivity contribution in [2.45, 2.75) is 31.5 Å². The molecule has 96 valence electrons. The van der Waals surface area contributed by atoms with Gasteiger partial charge in [-0.2, -0.15) is 5.10 Å². The molecular formula is C12H14ClN3O2. The number of aliphatic hydroxyl groups is 1. The number of aryl methyl sites for hydroxylation is 1. The molecule has 0 amide bonds. The molecule has 1 N–H and O–H groups in total. The summed E-state index contributed by atoms with van der Waals surface area (Å²) in [6.07, 6.45) is 3.79. The van der Waals surface area contributed by atoms with E-state index in [1.54, 1.807) is 24.0 Å². The van der Waals surface area contributed by atoms with Crippen LogP contribution in [0.5, 0.6) is 5.75 Å². The number of aliphatic hydroxyl groups excluding tert-OH is 1. The fourth-order valence-electron chi connectivity index (χ4n) is 2.36. The molecule has 0 aromatic carbocycles. The van der Waals surface area contributed by atoms with Gasteiger partial charge in [0.2, 0.25) is 0 Å². The van der Waals surface area contributed by atoms with E-state index in [1.165, 1.54) is 0 Å². The second-order valence-electron chi connectivity index (χ2n) is 4.60. The summed E-state index contributed by atoms with van der Waals surface area (Å²) in [4.78, 5) is 4.21. The first kappa shape index (κ1) is 11.7. The maximum Gasteiger partial charge on any atom is 0.162 e. The van der Waals surface area contributed by atoms with Crippen molar-refractivity contribution in [1.82, 2.24) is 14.8 Å². The summed E-state index contributed by atoms with van der Waals surface area (Å²) >= 11 is 5.98. The van der Waals surface area contributed by atoms with Crippen LogP contribution in [0.3, 0.4) is 0 Å². The molecule has 5 nitrogen and oxygen atoms in total. The molecule has 0 radical (unpaired) electrons. The number of ether oxygens (including phenoxy) is 1. The zero-order valence-corrected chi connectivity index (χ0v) is 10.8. The number of halogens is 1. The van der Waals surface area contributed by atoms with E-state index in [-0.39, 0.29) is 6.10 Å². The van der Waals surface area contributed by atoms with Gasteiger partial charge >= 0.3 is 0 Å². The molecule has 1 aliphatic rings. The van der Waals surface area contributed by atoms with Crippen molar-refractivity contribution in [2.24, 2.45) is 7.05 Å². The highest BCUT2D eigenvalue weighted by Gasteiger charge is 2.27. The van der Waals surface area contributed by atoms with Crippen LogP contribution in [-0.4, -0.2) is 32.1 Å². The number of hydrogen-bond donors (Lipinski definition) is 1. The smallest absolute Gasteiger partial charge is 0.162 e. The van der Waals surface area contributed by atoms with E-state index < -0.39 is 6.10 Å². The minimum Gasteiger partial charge on any atom is -0.487 e. The monoisotopic (exact) mass is 267 g/mol. The topological polar surface area (TPSA) is 60.2 Å². The summed E-state index contributed by atoms with van der Waals surface area (Å²) in [6, 6.07) is 1.68. The van der Waals surface area contributed by atoms with Crippen molar-refractivity contribution in [3.05, 3.63) is 17.4 Å². The molecule has 0 aliphatic heterocycles. The summed E-state index contributed by atoms with van der Waals surface area (Å²) in [7, 11) is 1.81. The number of aromatic nitrogens is 3. The molecule has 6 heteroatoms. The third-order valence-corrected chi connectivity index (χ3v) is 3.53. The van der Waals surface area contributed by atoms with E-state index in [1.807, 2.05) is 0 Å². The summed E-state index contributed by atoms with van der Waals surface area (Å²) in [5, 5.41) is 15.1. The Morgan fingerprint density at radius 2 is 2.33 bits per heavy atom. The Bertz CT molecular complexity index is 584. The molecule has 2 heterocycles. The fraction of sp³-hybridized carbons (Fsp3) is 0.500. The van der Waals surface area contributed by atoms with E-state index in [0.717, 1.165) is 24.6 Å². The van der Waals surface area contributed by atoms with Crippen LogP contribution in [0.1, 0.15) is 19.3 Å². The van der Waals surface area contributed by atoms with Gasteiger partial charge in [0.1, 0.15) is 17.0 Å². The second kappa shape index (κ2) is 4.40. The predicted octanol–water partition coefficient (Wildman–Crippen LogP) is 1.91. The lowest BCUT2D eigenvalue weighted by Gasteiger charge is -2.17. The Kier molecular flexibility index (Phi) is 2.87. The number of rotatable bonds is 2. The summed E-state index contributed by atoms with van der Waals surface area (Å²) < 4.78 is 7.52. The van der Waals surface area contributed by atoms with Crippen LogP contribution in [-0.2, 0) is 7.05 Å². The quantitative estimate of drug-likeness (QED) is 0.845. The Balaban J connectivity index is 2.00. The highest BCUT2D eigenvalue weighted by atomic mass is 35.5. The average molecular weight is 268 g/mol. The zero-order chi connectivity index (χ0) is 12.7. The highest BCUT2D eigenvalue weighted by Crippen LogP contribution is 2.31. The molecule has 2 atom stereocenters. The van der Waals surface area contributed by atoms with Crippen molar-refractivity contribution in [2.75, 3.05) is 0 Å². The van der Waals surface area contributed by atoms with Gasteiger partial charge in [-0.15, -0.1) is 0 Å². The van der Waals surface area contributed by atoms with Crippen molar-refractivity contribution < 1.29 is 9.84 Å². The van der Waals surface area contributed by atoms with Gasteiger partial charge in [0.05, 0.1) is 17.7 Å². The van der Waals surface area contributed by atoms with Crippen LogP contribution in [0.15, 0.2) is 12.3 Å². The maximum atomic E-state index is 9.80. The Hall–Kier alpha value is -1.33. The van der Waals surface area contributed by atoms with Gasteiger partial charge < -0.3 is 9.84 Å². The lowest BCUT2D eigenvalue weighted by atomic mass is 10.2. The van der Waals surface area contributed by atoms with Gasteiger partial charge in [-0.1, -0.05) is 11.6 Å². The molecule has 3 rings (SSSR count). The van der Waals surface area contributed by atoms with Gasteiger partial charge in [0.25, 0.3) is 0 Å². The summed E-state index contributed by atoms with van der Waals surface area (Å²) in [5.41, 5.74) is 0.685. The largest absolute Gasteiger partial charge is 0.487 e. The SMILES string of the molecule is Cn1ncc2c(O[C@H]3CCC[C@H]3O)cc(Cl)nc21. The summed E-state index contributed by atoms with van der Waals surface area (Å²) in [5.74, 6) is 0.643.